The summed E-state index contributed by atoms with van der Waals surface area (Å²) in [6, 6.07) is 12.4. The van der Waals surface area contributed by atoms with Gasteiger partial charge >= 0.3 is 0 Å². The molecule has 0 aliphatic carbocycles. The Morgan fingerprint density at radius 3 is 2.50 bits per heavy atom. The van der Waals surface area contributed by atoms with Gasteiger partial charge in [0.2, 0.25) is 11.8 Å². The van der Waals surface area contributed by atoms with E-state index in [4.69, 9.17) is 11.6 Å². The molecule has 0 saturated carbocycles. The average molecular weight is 446 g/mol. The largest absolute Gasteiger partial charge is 0.350 e. The van der Waals surface area contributed by atoms with E-state index in [1.54, 1.807) is 34.9 Å². The van der Waals surface area contributed by atoms with E-state index in [1.807, 2.05) is 44.4 Å². The van der Waals surface area contributed by atoms with Crippen LogP contribution in [0.15, 0.2) is 47.4 Å². The van der Waals surface area contributed by atoms with Crippen molar-refractivity contribution >= 4 is 52.5 Å². The summed E-state index contributed by atoms with van der Waals surface area (Å²) in [7, 11) is 0. The number of hydrogen-bond acceptors (Lipinski definition) is 4. The minimum Gasteiger partial charge on any atom is -0.350 e. The molecule has 1 saturated heterocycles. The Morgan fingerprint density at radius 2 is 1.87 bits per heavy atom. The number of amides is 3. The third-order valence-corrected chi connectivity index (χ3v) is 5.76. The van der Waals surface area contributed by atoms with Gasteiger partial charge in [-0.15, -0.1) is 11.8 Å². The first-order chi connectivity index (χ1) is 14.3. The van der Waals surface area contributed by atoms with Crippen LogP contribution in [0, 0.1) is 5.92 Å². The maximum atomic E-state index is 12.9. The summed E-state index contributed by atoms with van der Waals surface area (Å²) in [6.07, 6.45) is 2.10. The fraction of sp³-hybridized carbons (Fsp3) is 0.318. The van der Waals surface area contributed by atoms with Crippen LogP contribution in [0.25, 0.3) is 0 Å². The molecule has 0 spiro atoms. The van der Waals surface area contributed by atoms with Gasteiger partial charge in [-0.3, -0.25) is 14.4 Å². The highest BCUT2D eigenvalue weighted by molar-refractivity contribution is 7.98. The number of carbonyl (C=O) groups excluding carboxylic acids is 3. The standard InChI is InChI=1S/C22H24ClN3O3S/c1-13(2)24-22(29)18-9-4-15(23)11-19(18)25-21(28)14-10-20(27)26(12-14)16-5-7-17(30-3)8-6-16/h4-9,11,13-14H,10,12H2,1-3H3,(H,24,29)(H,25,28). The highest BCUT2D eigenvalue weighted by atomic mass is 35.5. The molecule has 1 heterocycles. The summed E-state index contributed by atoms with van der Waals surface area (Å²) in [5.41, 5.74) is 1.43. The lowest BCUT2D eigenvalue weighted by molar-refractivity contribution is -0.122. The minimum absolute atomic E-state index is 0.0461. The van der Waals surface area contributed by atoms with Crippen molar-refractivity contribution in [3.63, 3.8) is 0 Å². The van der Waals surface area contributed by atoms with Gasteiger partial charge in [-0.1, -0.05) is 11.6 Å². The maximum Gasteiger partial charge on any atom is 0.253 e. The van der Waals surface area contributed by atoms with Crippen LogP contribution >= 0.6 is 23.4 Å². The molecule has 1 unspecified atom stereocenters. The zero-order valence-electron chi connectivity index (χ0n) is 17.1. The van der Waals surface area contributed by atoms with Gasteiger partial charge in [-0.05, 0) is 62.6 Å². The number of carbonyl (C=O) groups is 3. The molecule has 30 heavy (non-hydrogen) atoms. The van der Waals surface area contributed by atoms with Crippen LogP contribution in [0.2, 0.25) is 5.02 Å². The van der Waals surface area contributed by atoms with E-state index in [0.717, 1.165) is 10.6 Å². The molecule has 2 N–H and O–H groups in total. The van der Waals surface area contributed by atoms with Crippen LogP contribution in [0.5, 0.6) is 0 Å². The Labute approximate surface area is 185 Å². The lowest BCUT2D eigenvalue weighted by atomic mass is 10.1. The lowest BCUT2D eigenvalue weighted by Gasteiger charge is -2.18. The number of nitrogens with zero attached hydrogens (tertiary/aromatic N) is 1. The zero-order valence-corrected chi connectivity index (χ0v) is 18.6. The van der Waals surface area contributed by atoms with Crippen molar-refractivity contribution in [2.45, 2.75) is 31.2 Å². The van der Waals surface area contributed by atoms with Gasteiger partial charge < -0.3 is 15.5 Å². The van der Waals surface area contributed by atoms with E-state index in [2.05, 4.69) is 10.6 Å². The number of anilines is 2. The summed E-state index contributed by atoms with van der Waals surface area (Å²) < 4.78 is 0. The Bertz CT molecular complexity index is 963. The Kier molecular flexibility index (Phi) is 7.05. The van der Waals surface area contributed by atoms with Crippen molar-refractivity contribution in [3.05, 3.63) is 53.1 Å². The van der Waals surface area contributed by atoms with Gasteiger partial charge in [0.25, 0.3) is 5.91 Å². The molecule has 2 aromatic rings. The van der Waals surface area contributed by atoms with E-state index in [1.165, 1.54) is 0 Å². The second-order valence-electron chi connectivity index (χ2n) is 7.41. The van der Waals surface area contributed by atoms with Crippen molar-refractivity contribution in [2.75, 3.05) is 23.0 Å². The first-order valence-corrected chi connectivity index (χ1v) is 11.2. The Hall–Kier alpha value is -2.51. The summed E-state index contributed by atoms with van der Waals surface area (Å²) in [6.45, 7) is 4.00. The molecule has 1 atom stereocenters. The Morgan fingerprint density at radius 1 is 1.17 bits per heavy atom. The van der Waals surface area contributed by atoms with Gasteiger partial charge in [0.05, 0.1) is 17.2 Å². The molecule has 0 radical (unpaired) electrons. The molecule has 0 aromatic heterocycles. The fourth-order valence-electron chi connectivity index (χ4n) is 3.29. The van der Waals surface area contributed by atoms with Crippen LogP contribution in [0.1, 0.15) is 30.6 Å². The number of thioether (sulfide) groups is 1. The van der Waals surface area contributed by atoms with Crippen molar-refractivity contribution in [2.24, 2.45) is 5.92 Å². The van der Waals surface area contributed by atoms with Crippen LogP contribution in [-0.2, 0) is 9.59 Å². The molecule has 1 aliphatic rings. The van der Waals surface area contributed by atoms with Crippen molar-refractivity contribution < 1.29 is 14.4 Å². The average Bonchev–Trinajstić information content (AvgIpc) is 3.09. The zero-order chi connectivity index (χ0) is 21.8. The molecular formula is C22H24ClN3O3S. The molecule has 1 aliphatic heterocycles. The molecule has 2 aromatic carbocycles. The SMILES string of the molecule is CSc1ccc(N2CC(C(=O)Nc3cc(Cl)ccc3C(=O)NC(C)C)CC2=O)cc1. The van der Waals surface area contributed by atoms with Crippen LogP contribution in [-0.4, -0.2) is 36.6 Å². The fourth-order valence-corrected chi connectivity index (χ4v) is 3.87. The molecule has 6 nitrogen and oxygen atoms in total. The summed E-state index contributed by atoms with van der Waals surface area (Å²) in [5.74, 6) is -1.23. The summed E-state index contributed by atoms with van der Waals surface area (Å²) in [5, 5.41) is 6.01. The third kappa shape index (κ3) is 5.15. The first kappa shape index (κ1) is 22.2. The first-order valence-electron chi connectivity index (χ1n) is 9.64. The van der Waals surface area contributed by atoms with Crippen molar-refractivity contribution in [1.82, 2.24) is 5.32 Å². The molecular weight excluding hydrogens is 422 g/mol. The number of hydrogen-bond donors (Lipinski definition) is 2. The van der Waals surface area contributed by atoms with E-state index in [0.29, 0.717) is 16.3 Å². The van der Waals surface area contributed by atoms with E-state index in [-0.39, 0.29) is 36.7 Å². The molecule has 158 valence electrons. The number of rotatable bonds is 6. The third-order valence-electron chi connectivity index (χ3n) is 4.78. The van der Waals surface area contributed by atoms with Crippen LogP contribution in [0.3, 0.4) is 0 Å². The smallest absolute Gasteiger partial charge is 0.253 e. The monoisotopic (exact) mass is 445 g/mol. The topological polar surface area (TPSA) is 78.5 Å². The second-order valence-corrected chi connectivity index (χ2v) is 8.73. The van der Waals surface area contributed by atoms with Crippen LogP contribution < -0.4 is 15.5 Å². The Balaban J connectivity index is 1.74. The van der Waals surface area contributed by atoms with Crippen molar-refractivity contribution in [3.8, 4) is 0 Å². The predicted molar refractivity (Wildman–Crippen MR) is 121 cm³/mol. The maximum absolute atomic E-state index is 12.9. The molecule has 3 amide bonds. The number of benzene rings is 2. The molecule has 1 fully saturated rings. The van der Waals surface area contributed by atoms with Crippen molar-refractivity contribution in [1.29, 1.82) is 0 Å². The highest BCUT2D eigenvalue weighted by Gasteiger charge is 2.35. The normalized spacial score (nSPS) is 16.1. The quantitative estimate of drug-likeness (QED) is 0.653. The van der Waals surface area contributed by atoms with Gasteiger partial charge in [0, 0.05) is 34.6 Å². The lowest BCUT2D eigenvalue weighted by Crippen LogP contribution is -2.32. The van der Waals surface area contributed by atoms with Gasteiger partial charge in [-0.25, -0.2) is 0 Å². The summed E-state index contributed by atoms with van der Waals surface area (Å²) in [4.78, 5) is 40.6. The highest BCUT2D eigenvalue weighted by Crippen LogP contribution is 2.29. The van der Waals surface area contributed by atoms with Gasteiger partial charge in [0.1, 0.15) is 0 Å². The summed E-state index contributed by atoms with van der Waals surface area (Å²) >= 11 is 7.70. The van der Waals surface area contributed by atoms with Gasteiger partial charge in [0.15, 0.2) is 0 Å². The molecule has 0 bridgehead atoms. The number of nitrogens with one attached hydrogen (secondary N) is 2. The molecule has 8 heteroatoms. The van der Waals surface area contributed by atoms with E-state index < -0.39 is 5.92 Å². The number of halogens is 1. The predicted octanol–water partition coefficient (Wildman–Crippen LogP) is 4.19. The van der Waals surface area contributed by atoms with E-state index >= 15 is 0 Å². The van der Waals surface area contributed by atoms with E-state index in [9.17, 15) is 14.4 Å². The van der Waals surface area contributed by atoms with Gasteiger partial charge in [-0.2, -0.15) is 0 Å². The molecule has 3 rings (SSSR count). The second kappa shape index (κ2) is 9.53. The van der Waals surface area contributed by atoms with Crippen LogP contribution in [0.4, 0.5) is 11.4 Å². The minimum atomic E-state index is -0.516.